The van der Waals surface area contributed by atoms with Crippen LogP contribution >= 0.6 is 0 Å². The second-order valence-electron chi connectivity index (χ2n) is 4.30. The molecule has 0 bridgehead atoms. The van der Waals surface area contributed by atoms with Crippen LogP contribution in [-0.4, -0.2) is 65.6 Å². The van der Waals surface area contributed by atoms with Crippen molar-refractivity contribution in [3.63, 3.8) is 0 Å². The summed E-state index contributed by atoms with van der Waals surface area (Å²) in [5.74, 6) is -1.55. The first-order valence-electron chi connectivity index (χ1n) is 6.01. The Kier molecular flexibility index (Phi) is 5.88. The molecule has 21 heavy (non-hydrogen) atoms. The number of carbonyl (C=O) groups is 3. The maximum atomic E-state index is 11.2. The van der Waals surface area contributed by atoms with Gasteiger partial charge in [-0.2, -0.15) is 0 Å². The number of hydrogen-bond donors (Lipinski definition) is 3. The third kappa shape index (κ3) is 4.55. The number of rotatable bonds is 4. The van der Waals surface area contributed by atoms with E-state index in [4.69, 9.17) is 24.7 Å². The lowest BCUT2D eigenvalue weighted by atomic mass is 9.98. The van der Waals surface area contributed by atoms with Crippen molar-refractivity contribution < 1.29 is 43.5 Å². The number of ether oxygens (including phenoxy) is 4. The quantitative estimate of drug-likeness (QED) is 0.396. The molecule has 0 aromatic carbocycles. The van der Waals surface area contributed by atoms with Crippen molar-refractivity contribution in [1.29, 1.82) is 0 Å². The lowest BCUT2D eigenvalue weighted by molar-refractivity contribution is -0.292. The third-order valence-electron chi connectivity index (χ3n) is 2.65. The van der Waals surface area contributed by atoms with E-state index >= 15 is 0 Å². The SMILES string of the molecule is CC(=O)O[C@H]1[C@H](OC(N)=O)[C@@H](CO)OC(O)[C@H]1OC(C)=O. The van der Waals surface area contributed by atoms with Gasteiger partial charge in [-0.15, -0.1) is 0 Å². The average Bonchev–Trinajstić information content (AvgIpc) is 2.35. The number of carbonyl (C=O) groups excluding carboxylic acids is 3. The Labute approximate surface area is 119 Å². The largest absolute Gasteiger partial charge is 0.454 e. The summed E-state index contributed by atoms with van der Waals surface area (Å²) >= 11 is 0. The third-order valence-corrected chi connectivity index (χ3v) is 2.65. The molecule has 1 rings (SSSR count). The Balaban J connectivity index is 3.08. The zero-order valence-electron chi connectivity index (χ0n) is 11.4. The zero-order valence-corrected chi connectivity index (χ0v) is 11.4. The van der Waals surface area contributed by atoms with Crippen LogP contribution in [-0.2, 0) is 28.5 Å². The number of hydrogen-bond acceptors (Lipinski definition) is 9. The fourth-order valence-electron chi connectivity index (χ4n) is 1.96. The van der Waals surface area contributed by atoms with Gasteiger partial charge in [-0.25, -0.2) is 4.79 Å². The summed E-state index contributed by atoms with van der Waals surface area (Å²) < 4.78 is 19.5. The lowest BCUT2D eigenvalue weighted by Gasteiger charge is -2.42. The number of aliphatic hydroxyl groups excluding tert-OH is 2. The Bertz CT molecular complexity index is 412. The van der Waals surface area contributed by atoms with Gasteiger partial charge in [-0.1, -0.05) is 0 Å². The van der Waals surface area contributed by atoms with E-state index in [9.17, 15) is 24.6 Å². The molecule has 1 amide bonds. The second-order valence-corrected chi connectivity index (χ2v) is 4.30. The lowest BCUT2D eigenvalue weighted by Crippen LogP contribution is -2.62. The van der Waals surface area contributed by atoms with E-state index in [-0.39, 0.29) is 0 Å². The Hall–Kier alpha value is -1.91. The van der Waals surface area contributed by atoms with Crippen LogP contribution in [0.4, 0.5) is 4.79 Å². The molecule has 0 radical (unpaired) electrons. The molecule has 1 aliphatic rings. The van der Waals surface area contributed by atoms with Gasteiger partial charge in [0.1, 0.15) is 6.10 Å². The molecule has 0 spiro atoms. The van der Waals surface area contributed by atoms with E-state index in [1.807, 2.05) is 0 Å². The molecule has 0 aromatic rings. The van der Waals surface area contributed by atoms with E-state index in [1.54, 1.807) is 0 Å². The van der Waals surface area contributed by atoms with Crippen molar-refractivity contribution in [3.05, 3.63) is 0 Å². The van der Waals surface area contributed by atoms with Crippen LogP contribution in [0.3, 0.4) is 0 Å². The molecule has 1 heterocycles. The van der Waals surface area contributed by atoms with E-state index in [1.165, 1.54) is 0 Å². The molecule has 10 nitrogen and oxygen atoms in total. The first-order valence-corrected chi connectivity index (χ1v) is 6.01. The summed E-state index contributed by atoms with van der Waals surface area (Å²) in [5, 5.41) is 19.0. The summed E-state index contributed by atoms with van der Waals surface area (Å²) in [6, 6.07) is 0. The Morgan fingerprint density at radius 1 is 1.05 bits per heavy atom. The smallest absolute Gasteiger partial charge is 0.405 e. The normalized spacial score (nSPS) is 32.1. The van der Waals surface area contributed by atoms with Gasteiger partial charge in [0.2, 0.25) is 0 Å². The maximum absolute atomic E-state index is 11.2. The van der Waals surface area contributed by atoms with Crippen molar-refractivity contribution in [2.75, 3.05) is 6.61 Å². The highest BCUT2D eigenvalue weighted by atomic mass is 16.7. The number of amides is 1. The fraction of sp³-hybridized carbons (Fsp3) is 0.727. The average molecular weight is 307 g/mol. The van der Waals surface area contributed by atoms with Gasteiger partial charge in [-0.3, -0.25) is 9.59 Å². The molecule has 10 heteroatoms. The van der Waals surface area contributed by atoms with Crippen molar-refractivity contribution in [1.82, 2.24) is 0 Å². The number of aliphatic hydroxyl groups is 2. The Morgan fingerprint density at radius 3 is 2.00 bits per heavy atom. The minimum atomic E-state index is -1.68. The molecule has 0 saturated carbocycles. The molecular formula is C11H17NO9. The van der Waals surface area contributed by atoms with E-state index in [0.29, 0.717) is 0 Å². The van der Waals surface area contributed by atoms with Crippen LogP contribution in [0.2, 0.25) is 0 Å². The molecule has 1 aliphatic heterocycles. The predicted molar refractivity (Wildman–Crippen MR) is 63.5 cm³/mol. The van der Waals surface area contributed by atoms with Crippen LogP contribution in [0, 0.1) is 0 Å². The first kappa shape index (κ1) is 17.1. The Morgan fingerprint density at radius 2 is 1.57 bits per heavy atom. The molecule has 1 unspecified atom stereocenters. The summed E-state index contributed by atoms with van der Waals surface area (Å²) in [6.45, 7) is 1.49. The standard InChI is InChI=1S/C11H17NO9/c1-4(14)18-8-7(21-11(12)17)6(3-13)20-10(16)9(8)19-5(2)15/h6-10,13,16H,3H2,1-2H3,(H2,12,17)/t6-,7-,8+,9+,10?/m1/s1. The van der Waals surface area contributed by atoms with Gasteiger partial charge in [-0.05, 0) is 0 Å². The van der Waals surface area contributed by atoms with Crippen molar-refractivity contribution in [2.24, 2.45) is 5.73 Å². The summed E-state index contributed by atoms with van der Waals surface area (Å²) in [5.41, 5.74) is 4.91. The van der Waals surface area contributed by atoms with Crippen LogP contribution in [0.25, 0.3) is 0 Å². The van der Waals surface area contributed by atoms with Crippen LogP contribution in [0.15, 0.2) is 0 Å². The second kappa shape index (κ2) is 7.20. The monoisotopic (exact) mass is 307 g/mol. The van der Waals surface area contributed by atoms with E-state index in [0.717, 1.165) is 13.8 Å². The van der Waals surface area contributed by atoms with E-state index < -0.39 is 55.3 Å². The molecule has 1 saturated heterocycles. The van der Waals surface area contributed by atoms with Crippen LogP contribution in [0.5, 0.6) is 0 Å². The van der Waals surface area contributed by atoms with Gasteiger partial charge in [0.15, 0.2) is 24.6 Å². The van der Waals surface area contributed by atoms with Crippen molar-refractivity contribution in [3.8, 4) is 0 Å². The molecule has 1 fully saturated rings. The van der Waals surface area contributed by atoms with Crippen molar-refractivity contribution >= 4 is 18.0 Å². The highest BCUT2D eigenvalue weighted by molar-refractivity contribution is 5.68. The predicted octanol–water partition coefficient (Wildman–Crippen LogP) is -1.98. The summed E-state index contributed by atoms with van der Waals surface area (Å²) in [6.07, 6.45) is -8.24. The molecule has 4 N–H and O–H groups in total. The molecule has 0 aliphatic carbocycles. The molecule has 120 valence electrons. The number of primary amides is 1. The highest BCUT2D eigenvalue weighted by Crippen LogP contribution is 2.27. The summed E-state index contributed by atoms with van der Waals surface area (Å²) in [4.78, 5) is 33.1. The fourth-order valence-corrected chi connectivity index (χ4v) is 1.96. The minimum absolute atomic E-state index is 0.653. The van der Waals surface area contributed by atoms with Gasteiger partial charge < -0.3 is 34.9 Å². The maximum Gasteiger partial charge on any atom is 0.405 e. The molecule has 0 aromatic heterocycles. The number of nitrogens with two attached hydrogens (primary N) is 1. The molecular weight excluding hydrogens is 290 g/mol. The van der Waals surface area contributed by atoms with Crippen molar-refractivity contribution in [2.45, 2.75) is 44.6 Å². The van der Waals surface area contributed by atoms with Gasteiger partial charge in [0.25, 0.3) is 0 Å². The van der Waals surface area contributed by atoms with Gasteiger partial charge in [0, 0.05) is 13.8 Å². The zero-order chi connectivity index (χ0) is 16.2. The first-order chi connectivity index (χ1) is 9.76. The van der Waals surface area contributed by atoms with Gasteiger partial charge in [0.05, 0.1) is 6.61 Å². The van der Waals surface area contributed by atoms with E-state index in [2.05, 4.69) is 0 Å². The minimum Gasteiger partial charge on any atom is -0.454 e. The number of esters is 2. The van der Waals surface area contributed by atoms with Crippen LogP contribution in [0.1, 0.15) is 13.8 Å². The van der Waals surface area contributed by atoms with Gasteiger partial charge >= 0.3 is 18.0 Å². The summed E-state index contributed by atoms with van der Waals surface area (Å²) in [7, 11) is 0. The topological polar surface area (TPSA) is 155 Å². The highest BCUT2D eigenvalue weighted by Gasteiger charge is 2.51. The van der Waals surface area contributed by atoms with Crippen LogP contribution < -0.4 is 5.73 Å². The molecule has 5 atom stereocenters.